The molecular formula is C16H22BrNO4. The number of Topliss-reactive ketones (excluding diaryl/α,β-unsaturated/α-hetero) is 1. The van der Waals surface area contributed by atoms with Crippen molar-refractivity contribution in [3.8, 4) is 11.5 Å². The highest BCUT2D eigenvalue weighted by molar-refractivity contribution is 9.09. The maximum Gasteiger partial charge on any atom is 0.231 e. The molecule has 0 aromatic heterocycles. The number of nitrogens with one attached hydrogen (secondary N) is 1. The van der Waals surface area contributed by atoms with Crippen LogP contribution in [-0.2, 0) is 9.59 Å². The lowest BCUT2D eigenvalue weighted by molar-refractivity contribution is -0.123. The van der Waals surface area contributed by atoms with E-state index in [-0.39, 0.29) is 35.6 Å². The standard InChI is InChI=1S/C16H22BrNO4/c1-10(2)21-14-6-5-12(7-15(14)22-11(3)4)18-16(20)8-13(19)9-17/h5-7,10-11H,8-9H2,1-4H3,(H,18,20). The van der Waals surface area contributed by atoms with Crippen molar-refractivity contribution >= 4 is 33.3 Å². The third-order valence-corrected chi connectivity index (χ3v) is 3.08. The van der Waals surface area contributed by atoms with Crippen LogP contribution in [0, 0.1) is 0 Å². The lowest BCUT2D eigenvalue weighted by Crippen LogP contribution is -2.17. The van der Waals surface area contributed by atoms with Crippen LogP contribution in [0.3, 0.4) is 0 Å². The van der Waals surface area contributed by atoms with Gasteiger partial charge in [0.25, 0.3) is 0 Å². The van der Waals surface area contributed by atoms with E-state index in [2.05, 4.69) is 21.2 Å². The van der Waals surface area contributed by atoms with E-state index in [1.807, 2.05) is 27.7 Å². The minimum Gasteiger partial charge on any atom is -0.487 e. The molecule has 0 fully saturated rings. The first-order valence-corrected chi connectivity index (χ1v) is 8.28. The lowest BCUT2D eigenvalue weighted by Gasteiger charge is -2.18. The molecule has 122 valence electrons. The van der Waals surface area contributed by atoms with Crippen molar-refractivity contribution in [2.24, 2.45) is 0 Å². The Labute approximate surface area is 139 Å². The Morgan fingerprint density at radius 2 is 1.68 bits per heavy atom. The van der Waals surface area contributed by atoms with E-state index in [1.54, 1.807) is 18.2 Å². The Morgan fingerprint density at radius 3 is 2.23 bits per heavy atom. The van der Waals surface area contributed by atoms with E-state index in [0.717, 1.165) is 0 Å². The van der Waals surface area contributed by atoms with Gasteiger partial charge in [-0.1, -0.05) is 15.9 Å². The van der Waals surface area contributed by atoms with Crippen molar-refractivity contribution in [2.45, 2.75) is 46.3 Å². The summed E-state index contributed by atoms with van der Waals surface area (Å²) in [4.78, 5) is 23.0. The van der Waals surface area contributed by atoms with Crippen LogP contribution in [-0.4, -0.2) is 29.2 Å². The molecular weight excluding hydrogens is 350 g/mol. The molecule has 0 radical (unpaired) electrons. The quantitative estimate of drug-likeness (QED) is 0.560. The zero-order chi connectivity index (χ0) is 16.7. The molecule has 1 aromatic rings. The summed E-state index contributed by atoms with van der Waals surface area (Å²) in [5.41, 5.74) is 0.569. The highest BCUT2D eigenvalue weighted by atomic mass is 79.9. The smallest absolute Gasteiger partial charge is 0.231 e. The molecule has 0 saturated heterocycles. The summed E-state index contributed by atoms with van der Waals surface area (Å²) in [5, 5.41) is 2.86. The minimum absolute atomic E-state index is 0.0181. The first-order valence-electron chi connectivity index (χ1n) is 7.16. The van der Waals surface area contributed by atoms with Crippen LogP contribution in [0.2, 0.25) is 0 Å². The molecule has 0 spiro atoms. The molecule has 0 saturated carbocycles. The fraction of sp³-hybridized carbons (Fsp3) is 0.500. The van der Waals surface area contributed by atoms with Gasteiger partial charge in [-0.3, -0.25) is 9.59 Å². The molecule has 0 aliphatic carbocycles. The van der Waals surface area contributed by atoms with E-state index in [1.165, 1.54) is 0 Å². The number of ketones is 1. The Balaban J connectivity index is 2.88. The largest absolute Gasteiger partial charge is 0.487 e. The molecule has 0 unspecified atom stereocenters. The molecule has 0 aliphatic rings. The molecule has 0 aliphatic heterocycles. The van der Waals surface area contributed by atoms with E-state index >= 15 is 0 Å². The molecule has 22 heavy (non-hydrogen) atoms. The van der Waals surface area contributed by atoms with Crippen LogP contribution >= 0.6 is 15.9 Å². The molecule has 0 bridgehead atoms. The number of ether oxygens (including phenoxy) is 2. The molecule has 5 nitrogen and oxygen atoms in total. The highest BCUT2D eigenvalue weighted by Gasteiger charge is 2.13. The number of carbonyl (C=O) groups excluding carboxylic acids is 2. The van der Waals surface area contributed by atoms with Crippen molar-refractivity contribution in [1.82, 2.24) is 0 Å². The van der Waals surface area contributed by atoms with Gasteiger partial charge in [-0.15, -0.1) is 0 Å². The van der Waals surface area contributed by atoms with Gasteiger partial charge >= 0.3 is 0 Å². The van der Waals surface area contributed by atoms with Gasteiger partial charge in [-0.25, -0.2) is 0 Å². The summed E-state index contributed by atoms with van der Waals surface area (Å²) >= 11 is 3.03. The fourth-order valence-corrected chi connectivity index (χ4v) is 1.91. The number of amides is 1. The number of hydrogen-bond acceptors (Lipinski definition) is 4. The second kappa shape index (κ2) is 8.78. The van der Waals surface area contributed by atoms with Crippen molar-refractivity contribution in [3.05, 3.63) is 18.2 Å². The molecule has 0 heterocycles. The molecule has 1 rings (SSSR count). The SMILES string of the molecule is CC(C)Oc1ccc(NC(=O)CC(=O)CBr)cc1OC(C)C. The zero-order valence-corrected chi connectivity index (χ0v) is 14.9. The van der Waals surface area contributed by atoms with Gasteiger partial charge in [0.05, 0.1) is 24.0 Å². The van der Waals surface area contributed by atoms with Crippen molar-refractivity contribution < 1.29 is 19.1 Å². The number of alkyl halides is 1. The third-order valence-electron chi connectivity index (χ3n) is 2.46. The molecule has 6 heteroatoms. The summed E-state index contributed by atoms with van der Waals surface area (Å²) in [6, 6.07) is 5.18. The Kier molecular flexibility index (Phi) is 7.38. The second-order valence-corrected chi connectivity index (χ2v) is 5.95. The number of halogens is 1. The van der Waals surface area contributed by atoms with Gasteiger partial charge in [0.1, 0.15) is 0 Å². The van der Waals surface area contributed by atoms with Crippen molar-refractivity contribution in [3.63, 3.8) is 0 Å². The van der Waals surface area contributed by atoms with Crippen LogP contribution in [0.25, 0.3) is 0 Å². The summed E-state index contributed by atoms with van der Waals surface area (Å²) in [5.74, 6) is 0.667. The average molecular weight is 372 g/mol. The first-order chi connectivity index (χ1) is 10.3. The highest BCUT2D eigenvalue weighted by Crippen LogP contribution is 2.32. The maximum atomic E-state index is 11.8. The summed E-state index contributed by atoms with van der Waals surface area (Å²) < 4.78 is 11.4. The maximum absolute atomic E-state index is 11.8. The minimum atomic E-state index is -0.350. The molecule has 1 amide bonds. The Morgan fingerprint density at radius 1 is 1.09 bits per heavy atom. The molecule has 1 N–H and O–H groups in total. The summed E-state index contributed by atoms with van der Waals surface area (Å²) in [7, 11) is 0. The summed E-state index contributed by atoms with van der Waals surface area (Å²) in [6.45, 7) is 7.69. The topological polar surface area (TPSA) is 64.6 Å². The predicted molar refractivity (Wildman–Crippen MR) is 90.0 cm³/mol. The third kappa shape index (κ3) is 6.47. The predicted octanol–water partition coefficient (Wildman–Crippen LogP) is 3.55. The van der Waals surface area contributed by atoms with E-state index in [0.29, 0.717) is 17.2 Å². The number of benzene rings is 1. The second-order valence-electron chi connectivity index (χ2n) is 5.39. The number of anilines is 1. The van der Waals surface area contributed by atoms with E-state index < -0.39 is 0 Å². The van der Waals surface area contributed by atoms with E-state index in [9.17, 15) is 9.59 Å². The van der Waals surface area contributed by atoms with Crippen molar-refractivity contribution in [2.75, 3.05) is 10.6 Å². The number of rotatable bonds is 8. The molecule has 0 atom stereocenters. The Hall–Kier alpha value is -1.56. The van der Waals surface area contributed by atoms with Crippen LogP contribution in [0.4, 0.5) is 5.69 Å². The fourth-order valence-electron chi connectivity index (χ4n) is 1.71. The lowest BCUT2D eigenvalue weighted by atomic mass is 10.2. The Bertz CT molecular complexity index is 529. The van der Waals surface area contributed by atoms with Gasteiger partial charge in [-0.2, -0.15) is 0 Å². The normalized spacial score (nSPS) is 10.7. The van der Waals surface area contributed by atoms with Crippen LogP contribution in [0.1, 0.15) is 34.1 Å². The zero-order valence-electron chi connectivity index (χ0n) is 13.3. The van der Waals surface area contributed by atoms with Gasteiger partial charge < -0.3 is 14.8 Å². The average Bonchev–Trinajstić information content (AvgIpc) is 2.40. The van der Waals surface area contributed by atoms with Gasteiger partial charge in [0.2, 0.25) is 5.91 Å². The van der Waals surface area contributed by atoms with Gasteiger partial charge in [0, 0.05) is 11.8 Å². The van der Waals surface area contributed by atoms with E-state index in [4.69, 9.17) is 9.47 Å². The van der Waals surface area contributed by atoms with Crippen LogP contribution in [0.5, 0.6) is 11.5 Å². The number of carbonyl (C=O) groups is 2. The van der Waals surface area contributed by atoms with Crippen LogP contribution in [0.15, 0.2) is 18.2 Å². The monoisotopic (exact) mass is 371 g/mol. The van der Waals surface area contributed by atoms with Gasteiger partial charge in [-0.05, 0) is 39.8 Å². The number of hydrogen-bond donors (Lipinski definition) is 1. The van der Waals surface area contributed by atoms with Crippen LogP contribution < -0.4 is 14.8 Å². The molecule has 1 aromatic carbocycles. The van der Waals surface area contributed by atoms with Crippen molar-refractivity contribution in [1.29, 1.82) is 0 Å². The van der Waals surface area contributed by atoms with Gasteiger partial charge in [0.15, 0.2) is 17.3 Å². The summed E-state index contributed by atoms with van der Waals surface area (Å²) in [6.07, 6.45) is -0.155. The first kappa shape index (κ1) is 18.5.